The molecular weight excluding hydrogens is 280 g/mol. The van der Waals surface area contributed by atoms with E-state index >= 15 is 0 Å². The average Bonchev–Trinajstić information content (AvgIpc) is 2.53. The summed E-state index contributed by atoms with van der Waals surface area (Å²) in [5, 5.41) is 0.807. The Bertz CT molecular complexity index is 876. The van der Waals surface area contributed by atoms with Crippen molar-refractivity contribution >= 4 is 11.0 Å². The zero-order chi connectivity index (χ0) is 15.7. The van der Waals surface area contributed by atoms with Crippen LogP contribution < -0.4 is 15.1 Å². The fraction of sp³-hybridized carbons (Fsp3) is 0.167. The molecular formula is C18H16O4. The Morgan fingerprint density at radius 3 is 2.32 bits per heavy atom. The maximum absolute atomic E-state index is 11.9. The summed E-state index contributed by atoms with van der Waals surface area (Å²) in [7, 11) is 3.07. The minimum atomic E-state index is -0.422. The minimum Gasteiger partial charge on any atom is -0.493 e. The Hall–Kier alpha value is -2.75. The van der Waals surface area contributed by atoms with E-state index in [4.69, 9.17) is 13.9 Å². The molecule has 112 valence electrons. The van der Waals surface area contributed by atoms with Gasteiger partial charge in [-0.3, -0.25) is 0 Å². The van der Waals surface area contributed by atoms with Gasteiger partial charge in [0.1, 0.15) is 0 Å². The molecule has 4 nitrogen and oxygen atoms in total. The van der Waals surface area contributed by atoms with E-state index in [0.29, 0.717) is 17.1 Å². The molecule has 4 heteroatoms. The number of rotatable bonds is 3. The fourth-order valence-electron chi connectivity index (χ4n) is 2.51. The Morgan fingerprint density at radius 2 is 1.68 bits per heavy atom. The molecule has 0 amide bonds. The first-order valence-electron chi connectivity index (χ1n) is 6.90. The highest BCUT2D eigenvalue weighted by atomic mass is 16.5. The predicted octanol–water partition coefficient (Wildman–Crippen LogP) is 3.79. The van der Waals surface area contributed by atoms with E-state index in [2.05, 4.69) is 0 Å². The lowest BCUT2D eigenvalue weighted by molar-refractivity contribution is 0.352. The van der Waals surface area contributed by atoms with Gasteiger partial charge in [0.25, 0.3) is 0 Å². The van der Waals surface area contributed by atoms with Crippen LogP contribution in [0.2, 0.25) is 0 Å². The molecule has 1 aromatic heterocycles. The van der Waals surface area contributed by atoms with Gasteiger partial charge in [-0.25, -0.2) is 4.79 Å². The van der Waals surface area contributed by atoms with E-state index in [0.717, 1.165) is 22.1 Å². The molecule has 0 aliphatic heterocycles. The number of hydrogen-bond acceptors (Lipinski definition) is 4. The van der Waals surface area contributed by atoms with Crippen LogP contribution in [0.25, 0.3) is 22.1 Å². The SMILES string of the molecule is COc1ccc2c(-c3ccc(C)cc3)cc(=O)oc2c1OC. The summed E-state index contributed by atoms with van der Waals surface area (Å²) in [6, 6.07) is 13.2. The third-order valence-corrected chi connectivity index (χ3v) is 3.62. The highest BCUT2D eigenvalue weighted by molar-refractivity contribution is 5.97. The maximum Gasteiger partial charge on any atom is 0.336 e. The maximum atomic E-state index is 11.9. The van der Waals surface area contributed by atoms with Gasteiger partial charge in [-0.2, -0.15) is 0 Å². The lowest BCUT2D eigenvalue weighted by Gasteiger charge is -2.12. The molecule has 0 aliphatic carbocycles. The quantitative estimate of drug-likeness (QED) is 0.690. The first-order chi connectivity index (χ1) is 10.6. The van der Waals surface area contributed by atoms with Crippen LogP contribution in [0.3, 0.4) is 0 Å². The summed E-state index contributed by atoms with van der Waals surface area (Å²) in [5.74, 6) is 0.949. The van der Waals surface area contributed by atoms with E-state index in [9.17, 15) is 4.79 Å². The summed E-state index contributed by atoms with van der Waals surface area (Å²) in [4.78, 5) is 11.9. The van der Waals surface area contributed by atoms with E-state index in [-0.39, 0.29) is 0 Å². The molecule has 22 heavy (non-hydrogen) atoms. The molecule has 0 unspecified atom stereocenters. The number of hydrogen-bond donors (Lipinski definition) is 0. The standard InChI is InChI=1S/C18H16O4/c1-11-4-6-12(7-5-11)14-10-16(19)22-17-13(14)8-9-15(20-2)18(17)21-3/h4-10H,1-3H3. The Balaban J connectivity index is 2.36. The molecule has 3 aromatic rings. The molecule has 0 N–H and O–H groups in total. The van der Waals surface area contributed by atoms with E-state index in [1.165, 1.54) is 13.2 Å². The molecule has 0 spiro atoms. The second-order valence-corrected chi connectivity index (χ2v) is 5.02. The number of ether oxygens (including phenoxy) is 2. The van der Waals surface area contributed by atoms with Gasteiger partial charge in [-0.15, -0.1) is 0 Å². The van der Waals surface area contributed by atoms with Crippen LogP contribution in [-0.4, -0.2) is 14.2 Å². The van der Waals surface area contributed by atoms with Crippen molar-refractivity contribution in [3.8, 4) is 22.6 Å². The van der Waals surface area contributed by atoms with Gasteiger partial charge in [-0.05, 0) is 30.2 Å². The van der Waals surface area contributed by atoms with Gasteiger partial charge in [0, 0.05) is 11.5 Å². The van der Waals surface area contributed by atoms with Gasteiger partial charge in [0.05, 0.1) is 14.2 Å². The van der Waals surface area contributed by atoms with Gasteiger partial charge in [-0.1, -0.05) is 29.8 Å². The number of benzene rings is 2. The summed E-state index contributed by atoms with van der Waals surface area (Å²) < 4.78 is 16.0. The molecule has 2 aromatic carbocycles. The average molecular weight is 296 g/mol. The van der Waals surface area contributed by atoms with E-state index < -0.39 is 5.63 Å². The molecule has 0 fully saturated rings. The smallest absolute Gasteiger partial charge is 0.336 e. The van der Waals surface area contributed by atoms with Gasteiger partial charge in [0.2, 0.25) is 5.75 Å². The van der Waals surface area contributed by atoms with E-state index in [1.807, 2.05) is 37.3 Å². The van der Waals surface area contributed by atoms with Crippen molar-refractivity contribution in [3.05, 3.63) is 58.4 Å². The summed E-state index contributed by atoms with van der Waals surface area (Å²) in [5.41, 5.74) is 2.90. The Kier molecular flexibility index (Phi) is 3.59. The summed E-state index contributed by atoms with van der Waals surface area (Å²) in [6.07, 6.45) is 0. The second kappa shape index (κ2) is 5.56. The molecule has 0 saturated carbocycles. The van der Waals surface area contributed by atoms with Crippen molar-refractivity contribution in [2.75, 3.05) is 14.2 Å². The molecule has 0 radical (unpaired) electrons. The van der Waals surface area contributed by atoms with Crippen molar-refractivity contribution in [3.63, 3.8) is 0 Å². The van der Waals surface area contributed by atoms with Crippen molar-refractivity contribution in [1.82, 2.24) is 0 Å². The topological polar surface area (TPSA) is 48.7 Å². The van der Waals surface area contributed by atoms with Crippen molar-refractivity contribution in [2.45, 2.75) is 6.92 Å². The highest BCUT2D eigenvalue weighted by Gasteiger charge is 2.15. The second-order valence-electron chi connectivity index (χ2n) is 5.02. The number of methoxy groups -OCH3 is 2. The number of aryl methyl sites for hydroxylation is 1. The normalized spacial score (nSPS) is 10.7. The molecule has 0 aliphatic rings. The third-order valence-electron chi connectivity index (χ3n) is 3.62. The van der Waals surface area contributed by atoms with Crippen molar-refractivity contribution < 1.29 is 13.9 Å². The number of fused-ring (bicyclic) bond motifs is 1. The van der Waals surface area contributed by atoms with Crippen LogP contribution in [0.15, 0.2) is 51.7 Å². The highest BCUT2D eigenvalue weighted by Crippen LogP contribution is 2.38. The lowest BCUT2D eigenvalue weighted by Crippen LogP contribution is -2.00. The molecule has 0 bridgehead atoms. The van der Waals surface area contributed by atoms with E-state index in [1.54, 1.807) is 13.2 Å². The first kappa shape index (κ1) is 14.2. The summed E-state index contributed by atoms with van der Waals surface area (Å²) >= 11 is 0. The van der Waals surface area contributed by atoms with Crippen LogP contribution in [-0.2, 0) is 0 Å². The zero-order valence-corrected chi connectivity index (χ0v) is 12.7. The van der Waals surface area contributed by atoms with Crippen LogP contribution in [0.5, 0.6) is 11.5 Å². The molecule has 3 rings (SSSR count). The van der Waals surface area contributed by atoms with Crippen molar-refractivity contribution in [2.24, 2.45) is 0 Å². The van der Waals surface area contributed by atoms with Crippen molar-refractivity contribution in [1.29, 1.82) is 0 Å². The largest absolute Gasteiger partial charge is 0.493 e. The van der Waals surface area contributed by atoms with Gasteiger partial charge in [0.15, 0.2) is 11.3 Å². The van der Waals surface area contributed by atoms with Crippen LogP contribution >= 0.6 is 0 Å². The monoisotopic (exact) mass is 296 g/mol. The fourth-order valence-corrected chi connectivity index (χ4v) is 2.51. The third kappa shape index (κ3) is 2.33. The lowest BCUT2D eigenvalue weighted by atomic mass is 10.0. The van der Waals surface area contributed by atoms with Crippen LogP contribution in [0.1, 0.15) is 5.56 Å². The molecule has 0 saturated heterocycles. The zero-order valence-electron chi connectivity index (χ0n) is 12.7. The predicted molar refractivity (Wildman–Crippen MR) is 85.8 cm³/mol. The molecule has 0 atom stereocenters. The van der Waals surface area contributed by atoms with Crippen LogP contribution in [0, 0.1) is 6.92 Å². The Morgan fingerprint density at radius 1 is 0.955 bits per heavy atom. The minimum absolute atomic E-state index is 0.393. The van der Waals surface area contributed by atoms with Gasteiger partial charge >= 0.3 is 5.63 Å². The van der Waals surface area contributed by atoms with Crippen LogP contribution in [0.4, 0.5) is 0 Å². The van der Waals surface area contributed by atoms with Gasteiger partial charge < -0.3 is 13.9 Å². The Labute approximate surface area is 127 Å². The first-order valence-corrected chi connectivity index (χ1v) is 6.90. The molecule has 1 heterocycles. The summed E-state index contributed by atoms with van der Waals surface area (Å²) in [6.45, 7) is 2.02.